The smallest absolute Gasteiger partial charge is 0.0682 e. The van der Waals surface area contributed by atoms with E-state index in [1.54, 1.807) is 0 Å². The standard InChI is InChI=1S/C15H17NOS/c17-10-11-3-1-4-13(9-11)16-15(12-6-7-12)14-5-2-8-18-14/h1-5,8-9,12,15-17H,6-7,10H2. The first-order valence-corrected chi connectivity index (χ1v) is 7.24. The van der Waals surface area contributed by atoms with Crippen molar-refractivity contribution < 1.29 is 5.11 Å². The van der Waals surface area contributed by atoms with Gasteiger partial charge in [0.25, 0.3) is 0 Å². The van der Waals surface area contributed by atoms with E-state index in [1.165, 1.54) is 17.7 Å². The van der Waals surface area contributed by atoms with Crippen LogP contribution in [-0.4, -0.2) is 5.11 Å². The SMILES string of the molecule is OCc1cccc(NC(c2cccs2)C2CC2)c1. The summed E-state index contributed by atoms with van der Waals surface area (Å²) in [7, 11) is 0. The molecule has 94 valence electrons. The highest BCUT2D eigenvalue weighted by Gasteiger charge is 2.32. The predicted octanol–water partition coefficient (Wildman–Crippen LogP) is 3.80. The lowest BCUT2D eigenvalue weighted by Gasteiger charge is -2.18. The zero-order valence-electron chi connectivity index (χ0n) is 10.2. The third-order valence-electron chi connectivity index (χ3n) is 3.37. The highest BCUT2D eigenvalue weighted by molar-refractivity contribution is 7.10. The number of aliphatic hydroxyl groups is 1. The number of hydrogen-bond donors (Lipinski definition) is 2. The van der Waals surface area contributed by atoms with Gasteiger partial charge in [-0.05, 0) is 47.9 Å². The van der Waals surface area contributed by atoms with Gasteiger partial charge in [0.1, 0.15) is 0 Å². The summed E-state index contributed by atoms with van der Waals surface area (Å²) in [6.07, 6.45) is 2.63. The van der Waals surface area contributed by atoms with E-state index in [4.69, 9.17) is 0 Å². The molecule has 2 N–H and O–H groups in total. The third kappa shape index (κ3) is 2.57. The van der Waals surface area contributed by atoms with Gasteiger partial charge in [0.05, 0.1) is 12.6 Å². The summed E-state index contributed by atoms with van der Waals surface area (Å²) in [6.45, 7) is 0.0998. The highest BCUT2D eigenvalue weighted by atomic mass is 32.1. The number of anilines is 1. The van der Waals surface area contributed by atoms with E-state index in [0.29, 0.717) is 6.04 Å². The summed E-state index contributed by atoms with van der Waals surface area (Å²) in [5.74, 6) is 0.765. The van der Waals surface area contributed by atoms with Crippen molar-refractivity contribution in [2.75, 3.05) is 5.32 Å². The van der Waals surface area contributed by atoms with Crippen LogP contribution in [0.5, 0.6) is 0 Å². The molecule has 1 atom stereocenters. The van der Waals surface area contributed by atoms with Gasteiger partial charge in [-0.25, -0.2) is 0 Å². The van der Waals surface area contributed by atoms with Crippen LogP contribution in [0.3, 0.4) is 0 Å². The average Bonchev–Trinajstić information content (AvgIpc) is 3.11. The monoisotopic (exact) mass is 259 g/mol. The molecule has 1 heterocycles. The lowest BCUT2D eigenvalue weighted by atomic mass is 10.1. The fourth-order valence-electron chi connectivity index (χ4n) is 2.26. The van der Waals surface area contributed by atoms with Crippen LogP contribution in [0.2, 0.25) is 0 Å². The molecule has 1 aromatic heterocycles. The molecule has 3 heteroatoms. The Morgan fingerprint density at radius 3 is 2.83 bits per heavy atom. The van der Waals surface area contributed by atoms with Crippen LogP contribution in [0.4, 0.5) is 5.69 Å². The van der Waals surface area contributed by atoms with E-state index in [9.17, 15) is 5.11 Å². The van der Waals surface area contributed by atoms with Gasteiger partial charge in [0, 0.05) is 10.6 Å². The molecule has 1 fully saturated rings. The first kappa shape index (κ1) is 11.8. The maximum absolute atomic E-state index is 9.18. The summed E-state index contributed by atoms with van der Waals surface area (Å²) in [4.78, 5) is 1.41. The fourth-order valence-corrected chi connectivity index (χ4v) is 3.13. The summed E-state index contributed by atoms with van der Waals surface area (Å²) in [5, 5.41) is 14.9. The van der Waals surface area contributed by atoms with E-state index in [-0.39, 0.29) is 6.61 Å². The van der Waals surface area contributed by atoms with Crippen LogP contribution in [-0.2, 0) is 6.61 Å². The average molecular weight is 259 g/mol. The molecule has 0 amide bonds. The molecule has 1 aliphatic carbocycles. The molecule has 3 rings (SSSR count). The van der Waals surface area contributed by atoms with Crippen LogP contribution in [0, 0.1) is 5.92 Å². The normalized spacial score (nSPS) is 16.5. The van der Waals surface area contributed by atoms with Crippen LogP contribution in [0.1, 0.15) is 29.3 Å². The van der Waals surface area contributed by atoms with Crippen molar-refractivity contribution in [1.82, 2.24) is 0 Å². The minimum Gasteiger partial charge on any atom is -0.392 e. The Balaban J connectivity index is 1.80. The zero-order chi connectivity index (χ0) is 12.4. The zero-order valence-corrected chi connectivity index (χ0v) is 11.0. The van der Waals surface area contributed by atoms with E-state index in [1.807, 2.05) is 29.5 Å². The second-order valence-corrected chi connectivity index (χ2v) is 5.81. The van der Waals surface area contributed by atoms with Crippen molar-refractivity contribution in [2.24, 2.45) is 5.92 Å². The number of aliphatic hydroxyl groups excluding tert-OH is 1. The molecular weight excluding hydrogens is 242 g/mol. The van der Waals surface area contributed by atoms with Crippen molar-refractivity contribution in [3.63, 3.8) is 0 Å². The minimum atomic E-state index is 0.0998. The summed E-state index contributed by atoms with van der Waals surface area (Å²) < 4.78 is 0. The molecule has 1 saturated carbocycles. The van der Waals surface area contributed by atoms with Crippen molar-refractivity contribution in [3.8, 4) is 0 Å². The molecule has 0 radical (unpaired) electrons. The highest BCUT2D eigenvalue weighted by Crippen LogP contribution is 2.44. The predicted molar refractivity (Wildman–Crippen MR) is 75.8 cm³/mol. The largest absolute Gasteiger partial charge is 0.392 e. The fraction of sp³-hybridized carbons (Fsp3) is 0.333. The Kier molecular flexibility index (Phi) is 3.35. The molecule has 2 nitrogen and oxygen atoms in total. The Bertz CT molecular complexity index is 505. The van der Waals surface area contributed by atoms with Gasteiger partial charge < -0.3 is 10.4 Å². The van der Waals surface area contributed by atoms with Crippen molar-refractivity contribution in [1.29, 1.82) is 0 Å². The number of nitrogens with one attached hydrogen (secondary N) is 1. The third-order valence-corrected chi connectivity index (χ3v) is 4.33. The second kappa shape index (κ2) is 5.12. The quantitative estimate of drug-likeness (QED) is 0.856. The number of benzene rings is 1. The van der Waals surface area contributed by atoms with Crippen LogP contribution < -0.4 is 5.32 Å². The molecule has 0 saturated heterocycles. The summed E-state index contributed by atoms with van der Waals surface area (Å²) in [5.41, 5.74) is 2.06. The van der Waals surface area contributed by atoms with Crippen molar-refractivity contribution in [2.45, 2.75) is 25.5 Å². The number of hydrogen-bond acceptors (Lipinski definition) is 3. The molecule has 2 aromatic rings. The van der Waals surface area contributed by atoms with E-state index < -0.39 is 0 Å². The van der Waals surface area contributed by atoms with Crippen LogP contribution >= 0.6 is 11.3 Å². The Labute approximate surface area is 111 Å². The van der Waals surface area contributed by atoms with Gasteiger partial charge in [0.15, 0.2) is 0 Å². The lowest BCUT2D eigenvalue weighted by molar-refractivity contribution is 0.282. The molecule has 18 heavy (non-hydrogen) atoms. The molecule has 1 unspecified atom stereocenters. The van der Waals surface area contributed by atoms with Crippen molar-refractivity contribution in [3.05, 3.63) is 52.2 Å². The first-order chi connectivity index (χ1) is 8.86. The minimum absolute atomic E-state index is 0.0998. The lowest BCUT2D eigenvalue weighted by Crippen LogP contribution is -2.11. The number of rotatable bonds is 5. The second-order valence-electron chi connectivity index (χ2n) is 4.83. The maximum Gasteiger partial charge on any atom is 0.0682 e. The molecule has 0 aliphatic heterocycles. The van der Waals surface area contributed by atoms with E-state index in [0.717, 1.165) is 17.2 Å². The molecule has 0 spiro atoms. The van der Waals surface area contributed by atoms with Crippen LogP contribution in [0.15, 0.2) is 41.8 Å². The Morgan fingerprint density at radius 1 is 1.28 bits per heavy atom. The first-order valence-electron chi connectivity index (χ1n) is 6.36. The van der Waals surface area contributed by atoms with Crippen molar-refractivity contribution >= 4 is 17.0 Å². The Hall–Kier alpha value is -1.32. The number of thiophene rings is 1. The van der Waals surface area contributed by atoms with E-state index >= 15 is 0 Å². The molecule has 1 aliphatic rings. The molecule has 1 aromatic carbocycles. The maximum atomic E-state index is 9.18. The van der Waals surface area contributed by atoms with Gasteiger partial charge in [-0.1, -0.05) is 18.2 Å². The van der Waals surface area contributed by atoms with E-state index in [2.05, 4.69) is 28.9 Å². The van der Waals surface area contributed by atoms with Gasteiger partial charge >= 0.3 is 0 Å². The van der Waals surface area contributed by atoms with Gasteiger partial charge in [-0.2, -0.15) is 0 Å². The topological polar surface area (TPSA) is 32.3 Å². The summed E-state index contributed by atoms with van der Waals surface area (Å²) in [6, 6.07) is 12.8. The molecular formula is C15H17NOS. The summed E-state index contributed by atoms with van der Waals surface area (Å²) >= 11 is 1.82. The van der Waals surface area contributed by atoms with Gasteiger partial charge in [-0.15, -0.1) is 11.3 Å². The van der Waals surface area contributed by atoms with Gasteiger partial charge in [0.2, 0.25) is 0 Å². The Morgan fingerprint density at radius 2 is 2.17 bits per heavy atom. The van der Waals surface area contributed by atoms with Gasteiger partial charge in [-0.3, -0.25) is 0 Å². The molecule has 0 bridgehead atoms. The van der Waals surface area contributed by atoms with Crippen LogP contribution in [0.25, 0.3) is 0 Å².